The Bertz CT molecular complexity index is 611. The van der Waals surface area contributed by atoms with Gasteiger partial charge in [0, 0.05) is 19.1 Å². The van der Waals surface area contributed by atoms with Crippen molar-refractivity contribution in [1.29, 1.82) is 0 Å². The normalized spacial score (nSPS) is 13.5. The number of allylic oxidation sites excluding steroid dienone is 1. The van der Waals surface area contributed by atoms with Crippen LogP contribution in [0.5, 0.6) is 0 Å². The summed E-state index contributed by atoms with van der Waals surface area (Å²) in [7, 11) is 1.78. The van der Waals surface area contributed by atoms with Gasteiger partial charge in [0.25, 0.3) is 0 Å². The Morgan fingerprint density at radius 3 is 1.80 bits per heavy atom. The Labute approximate surface area is 158 Å². The van der Waals surface area contributed by atoms with E-state index in [-0.39, 0.29) is 24.4 Å². The number of benzene rings is 2. The lowest BCUT2D eigenvalue weighted by Crippen LogP contribution is -2.46. The van der Waals surface area contributed by atoms with Gasteiger partial charge in [0.2, 0.25) is 0 Å². The number of rotatable bonds is 7. The largest absolute Gasteiger partial charge is 0.368 e. The van der Waals surface area contributed by atoms with Crippen molar-refractivity contribution in [3.8, 4) is 0 Å². The van der Waals surface area contributed by atoms with Crippen LogP contribution >= 0.6 is 12.4 Å². The van der Waals surface area contributed by atoms with Gasteiger partial charge in [0.15, 0.2) is 0 Å². The maximum atomic E-state index is 6.58. The van der Waals surface area contributed by atoms with E-state index in [0.29, 0.717) is 0 Å². The van der Waals surface area contributed by atoms with Gasteiger partial charge in [0.05, 0.1) is 0 Å². The molecule has 0 aliphatic carbocycles. The molecule has 0 aliphatic rings. The van der Waals surface area contributed by atoms with Crippen LogP contribution in [0.2, 0.25) is 0 Å². The molecule has 0 saturated heterocycles. The third-order valence-corrected chi connectivity index (χ3v) is 4.81. The van der Waals surface area contributed by atoms with Crippen LogP contribution in [0.3, 0.4) is 0 Å². The fourth-order valence-electron chi connectivity index (χ4n) is 3.36. The number of halogens is 1. The molecule has 2 aromatic carbocycles. The van der Waals surface area contributed by atoms with Crippen LogP contribution in [-0.2, 0) is 10.3 Å². The van der Waals surface area contributed by atoms with E-state index in [4.69, 9.17) is 10.5 Å². The first-order valence-corrected chi connectivity index (χ1v) is 8.57. The van der Waals surface area contributed by atoms with Crippen LogP contribution in [0.25, 0.3) is 0 Å². The minimum Gasteiger partial charge on any atom is -0.368 e. The zero-order valence-corrected chi connectivity index (χ0v) is 16.4. The van der Waals surface area contributed by atoms with E-state index in [1.165, 1.54) is 5.57 Å². The second-order valence-corrected chi connectivity index (χ2v) is 6.64. The molecule has 2 N–H and O–H groups in total. The number of ether oxygens (including phenoxy) is 1. The summed E-state index contributed by atoms with van der Waals surface area (Å²) in [5.74, 6) is 0.114. The molecule has 0 fully saturated rings. The molecule has 2 rings (SSSR count). The van der Waals surface area contributed by atoms with Gasteiger partial charge in [-0.05, 0) is 31.4 Å². The van der Waals surface area contributed by atoms with E-state index in [1.807, 2.05) is 12.1 Å². The highest BCUT2D eigenvalue weighted by Gasteiger charge is 2.42. The van der Waals surface area contributed by atoms with Crippen LogP contribution in [0.15, 0.2) is 72.3 Å². The van der Waals surface area contributed by atoms with Crippen molar-refractivity contribution in [3.63, 3.8) is 0 Å². The minimum absolute atomic E-state index is 0. The molecule has 3 heteroatoms. The van der Waals surface area contributed by atoms with Crippen molar-refractivity contribution in [2.45, 2.75) is 38.8 Å². The molecule has 136 valence electrons. The van der Waals surface area contributed by atoms with E-state index in [0.717, 1.165) is 17.5 Å². The maximum Gasteiger partial charge on any atom is 0.122 e. The summed E-state index contributed by atoms with van der Waals surface area (Å²) in [6, 6.07) is 20.8. The van der Waals surface area contributed by atoms with Gasteiger partial charge in [-0.25, -0.2) is 0 Å². The molecule has 2 aromatic rings. The van der Waals surface area contributed by atoms with Crippen molar-refractivity contribution in [2.75, 3.05) is 7.11 Å². The fourth-order valence-corrected chi connectivity index (χ4v) is 3.36. The Balaban J connectivity index is 0.00000312. The Morgan fingerprint density at radius 1 is 1.00 bits per heavy atom. The van der Waals surface area contributed by atoms with Crippen molar-refractivity contribution in [1.82, 2.24) is 0 Å². The van der Waals surface area contributed by atoms with Crippen molar-refractivity contribution < 1.29 is 4.74 Å². The quantitative estimate of drug-likeness (QED) is 0.679. The molecule has 0 aliphatic heterocycles. The lowest BCUT2D eigenvalue weighted by molar-refractivity contribution is -0.0316. The summed E-state index contributed by atoms with van der Waals surface area (Å²) in [4.78, 5) is 0. The maximum absolute atomic E-state index is 6.58. The molecule has 0 heterocycles. The minimum atomic E-state index is -0.558. The Morgan fingerprint density at radius 2 is 1.44 bits per heavy atom. The number of methoxy groups -OCH3 is 1. The summed E-state index contributed by atoms with van der Waals surface area (Å²) in [6.07, 6.45) is 3.05. The van der Waals surface area contributed by atoms with Crippen LogP contribution in [0.1, 0.15) is 38.3 Å². The summed E-state index contributed by atoms with van der Waals surface area (Å²) in [6.45, 7) is 6.40. The summed E-state index contributed by atoms with van der Waals surface area (Å²) in [5.41, 5.74) is 9.59. The van der Waals surface area contributed by atoms with Crippen LogP contribution < -0.4 is 5.73 Å². The molecular formula is C22H30ClNO. The van der Waals surface area contributed by atoms with Gasteiger partial charge < -0.3 is 10.5 Å². The highest BCUT2D eigenvalue weighted by Crippen LogP contribution is 2.41. The predicted molar refractivity (Wildman–Crippen MR) is 109 cm³/mol. The van der Waals surface area contributed by atoms with E-state index in [9.17, 15) is 0 Å². The van der Waals surface area contributed by atoms with Crippen molar-refractivity contribution in [2.24, 2.45) is 11.7 Å². The van der Waals surface area contributed by atoms with Crippen LogP contribution in [0.4, 0.5) is 0 Å². The van der Waals surface area contributed by atoms with Gasteiger partial charge in [-0.15, -0.1) is 12.4 Å². The molecule has 2 atom stereocenters. The lowest BCUT2D eigenvalue weighted by Gasteiger charge is -2.41. The molecule has 0 radical (unpaired) electrons. The molecule has 0 spiro atoms. The zero-order valence-electron chi connectivity index (χ0n) is 15.6. The fraction of sp³-hybridized carbons (Fsp3) is 0.364. The van der Waals surface area contributed by atoms with E-state index < -0.39 is 5.60 Å². The van der Waals surface area contributed by atoms with Gasteiger partial charge in [-0.2, -0.15) is 0 Å². The first-order chi connectivity index (χ1) is 11.5. The topological polar surface area (TPSA) is 35.2 Å². The Kier molecular flexibility index (Phi) is 8.37. The van der Waals surface area contributed by atoms with E-state index in [2.05, 4.69) is 75.4 Å². The number of hydrogen-bond donors (Lipinski definition) is 1. The van der Waals surface area contributed by atoms with Crippen molar-refractivity contribution >= 4 is 12.4 Å². The zero-order chi connectivity index (χ0) is 17.6. The molecular weight excluding hydrogens is 330 g/mol. The number of hydrogen-bond acceptors (Lipinski definition) is 2. The molecule has 2 unspecified atom stereocenters. The van der Waals surface area contributed by atoms with Gasteiger partial charge in [0.1, 0.15) is 5.60 Å². The SMILES string of the molecule is COC(c1ccccc1)(c1ccccc1)C(C)C(N)CC=C(C)C.Cl. The average Bonchev–Trinajstić information content (AvgIpc) is 2.62. The van der Waals surface area contributed by atoms with Gasteiger partial charge in [-0.1, -0.05) is 79.2 Å². The molecule has 25 heavy (non-hydrogen) atoms. The standard InChI is InChI=1S/C22H29NO.ClH/c1-17(2)15-16-21(23)18(3)22(24-4,19-11-7-5-8-12-19)20-13-9-6-10-14-20;/h5-15,18,21H,16,23H2,1-4H3;1H. The van der Waals surface area contributed by atoms with Gasteiger partial charge in [-0.3, -0.25) is 0 Å². The summed E-state index contributed by atoms with van der Waals surface area (Å²) < 4.78 is 6.20. The molecule has 0 aromatic heterocycles. The van der Waals surface area contributed by atoms with Crippen LogP contribution in [-0.4, -0.2) is 13.2 Å². The third kappa shape index (κ3) is 4.72. The lowest BCUT2D eigenvalue weighted by atomic mass is 9.73. The van der Waals surface area contributed by atoms with Crippen LogP contribution in [0, 0.1) is 5.92 Å². The Hall–Kier alpha value is -1.61. The van der Waals surface area contributed by atoms with E-state index in [1.54, 1.807) is 7.11 Å². The van der Waals surface area contributed by atoms with Gasteiger partial charge >= 0.3 is 0 Å². The second-order valence-electron chi connectivity index (χ2n) is 6.64. The first-order valence-electron chi connectivity index (χ1n) is 8.57. The van der Waals surface area contributed by atoms with E-state index >= 15 is 0 Å². The monoisotopic (exact) mass is 359 g/mol. The molecule has 0 amide bonds. The van der Waals surface area contributed by atoms with Crippen molar-refractivity contribution in [3.05, 3.63) is 83.4 Å². The predicted octanol–water partition coefficient (Wildman–Crippen LogP) is 5.32. The summed E-state index contributed by atoms with van der Waals surface area (Å²) in [5, 5.41) is 0. The molecule has 0 saturated carbocycles. The highest BCUT2D eigenvalue weighted by molar-refractivity contribution is 5.85. The first kappa shape index (κ1) is 21.4. The number of nitrogens with two attached hydrogens (primary N) is 1. The highest BCUT2D eigenvalue weighted by atomic mass is 35.5. The average molecular weight is 360 g/mol. The second kappa shape index (κ2) is 9.76. The molecule has 0 bridgehead atoms. The molecule has 2 nitrogen and oxygen atoms in total. The smallest absolute Gasteiger partial charge is 0.122 e. The summed E-state index contributed by atoms with van der Waals surface area (Å²) >= 11 is 0. The third-order valence-electron chi connectivity index (χ3n) is 4.81.